The van der Waals surface area contributed by atoms with Gasteiger partial charge < -0.3 is 0 Å². The Balaban J connectivity index is 2.79. The molecule has 2 rings (SSSR count). The molecule has 0 N–H and O–H groups in total. The van der Waals surface area contributed by atoms with Crippen molar-refractivity contribution in [3.05, 3.63) is 48.0 Å². The van der Waals surface area contributed by atoms with Gasteiger partial charge in [-0.1, -0.05) is 0 Å². The van der Waals surface area contributed by atoms with Crippen molar-refractivity contribution < 1.29 is 0 Å². The van der Waals surface area contributed by atoms with Crippen LogP contribution < -0.4 is 0 Å². The van der Waals surface area contributed by atoms with Crippen molar-refractivity contribution in [3.8, 4) is 0 Å². The topological polar surface area (TPSA) is 0 Å². The van der Waals surface area contributed by atoms with Crippen LogP contribution in [0.15, 0.2) is 42.5 Å². The molecule has 2 aromatic rings. The number of hydrogen-bond acceptors (Lipinski definition) is 0. The van der Waals surface area contributed by atoms with Crippen LogP contribution >= 0.6 is 0 Å². The van der Waals surface area contributed by atoms with E-state index in [4.69, 9.17) is 0 Å². The van der Waals surface area contributed by atoms with Gasteiger partial charge in [-0.05, 0) is 0 Å². The number of benzene rings is 2. The fourth-order valence-electron chi connectivity index (χ4n) is 1.43. The van der Waals surface area contributed by atoms with Crippen LogP contribution in [0.5, 0.6) is 0 Å². The molecule has 2 radical (unpaired) electrons. The molecule has 0 unspecified atom stereocenters. The fraction of sp³-hybridized carbons (Fsp3) is 0.0909. The Morgan fingerprint density at radius 3 is 2.50 bits per heavy atom. The molecule has 0 bridgehead atoms. The van der Waals surface area contributed by atoms with Crippen LogP contribution in [-0.4, -0.2) is 16.9 Å². The van der Waals surface area contributed by atoms with Crippen LogP contribution in [0.4, 0.5) is 0 Å². The van der Waals surface area contributed by atoms with E-state index in [0.717, 1.165) is 5.21 Å². The summed E-state index contributed by atoms with van der Waals surface area (Å²) in [6.45, 7) is 0. The molecule has 0 nitrogen and oxygen atoms in total. The Hall–Kier alpha value is -0.742. The molecule has 0 heterocycles. The van der Waals surface area contributed by atoms with Gasteiger partial charge in [0.2, 0.25) is 0 Å². The van der Waals surface area contributed by atoms with E-state index in [1.54, 1.807) is 0 Å². The van der Waals surface area contributed by atoms with Crippen LogP contribution in [0.2, 0.25) is 0 Å². The summed E-state index contributed by atoms with van der Waals surface area (Å²) in [6.07, 6.45) is 0. The zero-order valence-electron chi connectivity index (χ0n) is 6.70. The maximum absolute atomic E-state index is 2.62. The standard InChI is InChI=1S/C11H9As/c12-8-10-6-3-5-9-4-1-2-7-11(9)10/h1-7H,8H2. The van der Waals surface area contributed by atoms with Crippen LogP contribution in [-0.2, 0) is 5.21 Å². The van der Waals surface area contributed by atoms with E-state index in [9.17, 15) is 0 Å². The van der Waals surface area contributed by atoms with Gasteiger partial charge in [-0.2, -0.15) is 0 Å². The van der Waals surface area contributed by atoms with Crippen molar-refractivity contribution in [1.82, 2.24) is 0 Å². The van der Waals surface area contributed by atoms with Gasteiger partial charge >= 0.3 is 80.9 Å². The SMILES string of the molecule is [As]Cc1cccc2ccccc12. The minimum absolute atomic E-state index is 1.05. The summed E-state index contributed by atoms with van der Waals surface area (Å²) in [7, 11) is 0. The van der Waals surface area contributed by atoms with Crippen molar-refractivity contribution in [1.29, 1.82) is 0 Å². The average molecular weight is 216 g/mol. The molecule has 2 aromatic carbocycles. The van der Waals surface area contributed by atoms with Crippen LogP contribution in [0.25, 0.3) is 10.8 Å². The van der Waals surface area contributed by atoms with Crippen molar-refractivity contribution in [2.45, 2.75) is 5.21 Å². The summed E-state index contributed by atoms with van der Waals surface area (Å²) in [5.74, 6) is 0. The quantitative estimate of drug-likeness (QED) is 0.642. The number of rotatable bonds is 1. The number of fused-ring (bicyclic) bond motifs is 1. The van der Waals surface area contributed by atoms with Crippen molar-refractivity contribution >= 4 is 27.6 Å². The molecular formula is C11H9As. The third-order valence-electron chi connectivity index (χ3n) is 2.05. The van der Waals surface area contributed by atoms with Gasteiger partial charge in [0.25, 0.3) is 0 Å². The molecule has 12 heavy (non-hydrogen) atoms. The average Bonchev–Trinajstić information content (AvgIpc) is 2.17. The molecule has 0 fully saturated rings. The first-order valence-electron chi connectivity index (χ1n) is 3.99. The van der Waals surface area contributed by atoms with Gasteiger partial charge in [-0.25, -0.2) is 0 Å². The predicted octanol–water partition coefficient (Wildman–Crippen LogP) is 2.51. The first-order valence-corrected chi connectivity index (χ1v) is 5.32. The first-order chi connectivity index (χ1) is 5.92. The normalized spacial score (nSPS) is 10.4. The van der Waals surface area contributed by atoms with Crippen molar-refractivity contribution in [2.75, 3.05) is 0 Å². The van der Waals surface area contributed by atoms with Gasteiger partial charge in [0, 0.05) is 0 Å². The molecule has 1 heteroatoms. The van der Waals surface area contributed by atoms with E-state index in [1.807, 2.05) is 0 Å². The maximum atomic E-state index is 2.62. The molecule has 0 aliphatic heterocycles. The van der Waals surface area contributed by atoms with Crippen LogP contribution in [0.3, 0.4) is 0 Å². The summed E-state index contributed by atoms with van der Waals surface area (Å²) in [5, 5.41) is 3.76. The summed E-state index contributed by atoms with van der Waals surface area (Å²) in [4.78, 5) is 0. The second kappa shape index (κ2) is 3.33. The van der Waals surface area contributed by atoms with Gasteiger partial charge in [-0.15, -0.1) is 0 Å². The predicted molar refractivity (Wildman–Crippen MR) is 53.4 cm³/mol. The van der Waals surface area contributed by atoms with Crippen LogP contribution in [0.1, 0.15) is 5.56 Å². The Kier molecular flexibility index (Phi) is 2.19. The molecule has 0 aromatic heterocycles. The van der Waals surface area contributed by atoms with E-state index in [-0.39, 0.29) is 0 Å². The number of hydrogen-bond donors (Lipinski definition) is 0. The molecular weight excluding hydrogens is 207 g/mol. The van der Waals surface area contributed by atoms with Gasteiger partial charge in [-0.3, -0.25) is 0 Å². The molecule has 0 aliphatic rings. The molecule has 0 aliphatic carbocycles. The molecule has 0 amide bonds. The van der Waals surface area contributed by atoms with Crippen molar-refractivity contribution in [2.24, 2.45) is 0 Å². The Labute approximate surface area is 81.1 Å². The van der Waals surface area contributed by atoms with E-state index in [1.165, 1.54) is 16.3 Å². The first kappa shape index (κ1) is 7.88. The minimum atomic E-state index is 1.05. The van der Waals surface area contributed by atoms with Gasteiger partial charge in [0.05, 0.1) is 0 Å². The second-order valence-corrected chi connectivity index (χ2v) is 3.46. The third-order valence-corrected chi connectivity index (χ3v) is 2.77. The monoisotopic (exact) mass is 216 g/mol. The molecule has 0 atom stereocenters. The summed E-state index contributed by atoms with van der Waals surface area (Å²) < 4.78 is 0. The van der Waals surface area contributed by atoms with Gasteiger partial charge in [0.1, 0.15) is 0 Å². The molecule has 0 spiro atoms. The summed E-state index contributed by atoms with van der Waals surface area (Å²) in [5.41, 5.74) is 1.41. The Morgan fingerprint density at radius 1 is 0.917 bits per heavy atom. The molecule has 0 saturated heterocycles. The zero-order chi connectivity index (χ0) is 8.39. The van der Waals surface area contributed by atoms with E-state index in [2.05, 4.69) is 59.3 Å². The fourth-order valence-corrected chi connectivity index (χ4v) is 2.01. The summed E-state index contributed by atoms with van der Waals surface area (Å²) >= 11 is 2.62. The Bertz CT molecular complexity index is 388. The van der Waals surface area contributed by atoms with E-state index >= 15 is 0 Å². The molecule has 0 saturated carbocycles. The summed E-state index contributed by atoms with van der Waals surface area (Å²) in [6, 6.07) is 15.0. The Morgan fingerprint density at radius 2 is 1.67 bits per heavy atom. The zero-order valence-corrected chi connectivity index (χ0v) is 8.57. The van der Waals surface area contributed by atoms with Crippen molar-refractivity contribution in [3.63, 3.8) is 0 Å². The third kappa shape index (κ3) is 1.27. The van der Waals surface area contributed by atoms with Gasteiger partial charge in [0.15, 0.2) is 0 Å². The van der Waals surface area contributed by atoms with Crippen LogP contribution in [0, 0.1) is 0 Å². The van der Waals surface area contributed by atoms with E-state index < -0.39 is 0 Å². The van der Waals surface area contributed by atoms with E-state index in [0.29, 0.717) is 0 Å². The second-order valence-electron chi connectivity index (χ2n) is 2.80. The molecule has 58 valence electrons.